The Morgan fingerprint density at radius 1 is 1.16 bits per heavy atom. The monoisotopic (exact) mass is 438 g/mol. The van der Waals surface area contributed by atoms with Gasteiger partial charge in [-0.3, -0.25) is 4.79 Å². The predicted octanol–water partition coefficient (Wildman–Crippen LogP) is 5.60. The molecule has 5 nitrogen and oxygen atoms in total. The first-order valence-corrected chi connectivity index (χ1v) is 11.7. The zero-order chi connectivity index (χ0) is 22.9. The van der Waals surface area contributed by atoms with Gasteiger partial charge in [0.1, 0.15) is 5.60 Å². The lowest BCUT2D eigenvalue weighted by Gasteiger charge is -2.40. The van der Waals surface area contributed by atoms with Crippen LogP contribution in [-0.2, 0) is 20.7 Å². The Morgan fingerprint density at radius 2 is 1.88 bits per heavy atom. The second kappa shape index (κ2) is 8.68. The van der Waals surface area contributed by atoms with Crippen molar-refractivity contribution in [2.24, 2.45) is 0 Å². The van der Waals surface area contributed by atoms with Crippen molar-refractivity contribution in [2.75, 3.05) is 25.5 Å². The van der Waals surface area contributed by atoms with Crippen molar-refractivity contribution in [3.63, 3.8) is 0 Å². The summed E-state index contributed by atoms with van der Waals surface area (Å²) in [6.45, 7) is 10.5. The van der Waals surface area contributed by atoms with Crippen LogP contribution in [0, 0.1) is 0 Å². The fourth-order valence-corrected chi connectivity index (χ4v) is 4.41. The van der Waals surface area contributed by atoms with Crippen molar-refractivity contribution < 1.29 is 15.7 Å². The van der Waals surface area contributed by atoms with E-state index in [2.05, 4.69) is 50.1 Å². The highest BCUT2D eigenvalue weighted by atomic mass is 16.5. The van der Waals surface area contributed by atoms with Gasteiger partial charge in [-0.05, 0) is 87.8 Å². The van der Waals surface area contributed by atoms with Crippen LogP contribution in [-0.4, -0.2) is 42.2 Å². The first kappa shape index (κ1) is 22.5. The Bertz CT molecular complexity index is 966. The van der Waals surface area contributed by atoms with E-state index in [9.17, 15) is 4.79 Å². The summed E-state index contributed by atoms with van der Waals surface area (Å²) in [6, 6.07) is 8.06. The molecular formula is C27H38N2O3. The molecule has 1 aromatic rings. The third-order valence-electron chi connectivity index (χ3n) is 6.14. The van der Waals surface area contributed by atoms with Gasteiger partial charge in [0.05, 0.1) is 19.1 Å². The Labute approximate surface area is 193 Å². The molecule has 0 spiro atoms. The van der Waals surface area contributed by atoms with Crippen LogP contribution in [0.1, 0.15) is 60.4 Å². The number of piperidine rings is 1. The minimum Gasteiger partial charge on any atom is -0.473 e. The fourth-order valence-electron chi connectivity index (χ4n) is 4.41. The highest BCUT2D eigenvalue weighted by Crippen LogP contribution is 2.40. The Kier molecular flexibility index (Phi) is 6.11. The standard InChI is InChI=1S/C27H36N2O3.H2/c1-26(2,3)32-25(21-8-9-21)29-15-13-20-12-14-27(4,17-22(20)18-29)28-23-10-6-19(7-11-23)16-24(30)31-5;/h6-7,10-12,17,28H,8-9,13-16,18H2,1-5H3;1H. The summed E-state index contributed by atoms with van der Waals surface area (Å²) in [4.78, 5) is 13.9. The van der Waals surface area contributed by atoms with Crippen LogP contribution < -0.4 is 5.32 Å². The molecule has 3 aliphatic rings. The molecule has 1 saturated heterocycles. The number of hydrogen-bond donors (Lipinski definition) is 1. The van der Waals surface area contributed by atoms with Gasteiger partial charge in [-0.2, -0.15) is 0 Å². The SMILES string of the molecule is COC(=O)Cc1ccc(NC2(C)C=C3CN(C(OC(C)(C)C)=C4CC4)CCC3=CC2)cc1.[HH]. The molecule has 2 fully saturated rings. The number of methoxy groups -OCH3 is 1. The molecule has 0 bridgehead atoms. The van der Waals surface area contributed by atoms with Crippen molar-refractivity contribution in [1.82, 2.24) is 4.90 Å². The summed E-state index contributed by atoms with van der Waals surface area (Å²) in [5.74, 6) is 0.893. The van der Waals surface area contributed by atoms with Crippen molar-refractivity contribution in [3.05, 3.63) is 64.6 Å². The normalized spacial score (nSPS) is 22.4. The molecule has 174 valence electrons. The number of ether oxygens (including phenoxy) is 2. The number of carbonyl (C=O) groups is 1. The number of likely N-dealkylation sites (tertiary alicyclic amines) is 1. The van der Waals surface area contributed by atoms with Crippen molar-refractivity contribution >= 4 is 11.7 Å². The number of nitrogens with one attached hydrogen (secondary N) is 1. The number of benzene rings is 1. The molecule has 1 aromatic carbocycles. The van der Waals surface area contributed by atoms with E-state index < -0.39 is 0 Å². The van der Waals surface area contributed by atoms with Crippen LogP contribution in [0.3, 0.4) is 0 Å². The Hall–Kier alpha value is -2.69. The lowest BCUT2D eigenvalue weighted by atomic mass is 9.82. The van der Waals surface area contributed by atoms with Crippen LogP contribution in [0.15, 0.2) is 59.0 Å². The maximum absolute atomic E-state index is 11.5. The van der Waals surface area contributed by atoms with E-state index in [-0.39, 0.29) is 18.5 Å². The van der Waals surface area contributed by atoms with E-state index in [1.165, 1.54) is 23.8 Å². The van der Waals surface area contributed by atoms with Crippen molar-refractivity contribution in [1.29, 1.82) is 0 Å². The molecule has 32 heavy (non-hydrogen) atoms. The molecule has 1 saturated carbocycles. The molecule has 0 radical (unpaired) electrons. The quantitative estimate of drug-likeness (QED) is 0.463. The second-order valence-electron chi connectivity index (χ2n) is 10.4. The number of carbonyl (C=O) groups excluding carboxylic acids is 1. The number of nitrogens with zero attached hydrogens (tertiary/aromatic N) is 1. The van der Waals surface area contributed by atoms with Gasteiger partial charge in [0.2, 0.25) is 0 Å². The summed E-state index contributed by atoms with van der Waals surface area (Å²) in [7, 11) is 1.42. The second-order valence-corrected chi connectivity index (χ2v) is 10.4. The third-order valence-corrected chi connectivity index (χ3v) is 6.14. The van der Waals surface area contributed by atoms with Gasteiger partial charge in [0, 0.05) is 20.2 Å². The molecule has 0 aromatic heterocycles. The zero-order valence-electron chi connectivity index (χ0n) is 20.1. The fraction of sp³-hybridized carbons (Fsp3) is 0.519. The number of esters is 1. The third kappa shape index (κ3) is 5.56. The largest absolute Gasteiger partial charge is 0.473 e. The van der Waals surface area contributed by atoms with E-state index in [1.54, 1.807) is 0 Å². The van der Waals surface area contributed by atoms with E-state index in [0.717, 1.165) is 55.9 Å². The maximum Gasteiger partial charge on any atom is 0.309 e. The van der Waals surface area contributed by atoms with Gasteiger partial charge in [0.25, 0.3) is 0 Å². The van der Waals surface area contributed by atoms with E-state index in [1.807, 2.05) is 24.3 Å². The van der Waals surface area contributed by atoms with Crippen molar-refractivity contribution in [3.8, 4) is 0 Å². The van der Waals surface area contributed by atoms with Gasteiger partial charge >= 0.3 is 5.97 Å². The van der Waals surface area contributed by atoms with E-state index in [0.29, 0.717) is 6.42 Å². The number of allylic oxidation sites excluding steroid dienone is 1. The van der Waals surface area contributed by atoms with E-state index in [4.69, 9.17) is 9.47 Å². The molecular weight excluding hydrogens is 400 g/mol. The van der Waals surface area contributed by atoms with E-state index >= 15 is 0 Å². The highest BCUT2D eigenvalue weighted by molar-refractivity contribution is 5.72. The van der Waals surface area contributed by atoms with Crippen LogP contribution in [0.5, 0.6) is 0 Å². The summed E-state index contributed by atoms with van der Waals surface area (Å²) in [5.41, 5.74) is 6.01. The van der Waals surface area contributed by atoms with Crippen molar-refractivity contribution in [2.45, 2.75) is 70.9 Å². The maximum atomic E-state index is 11.5. The van der Waals surface area contributed by atoms with Crippen LogP contribution in [0.2, 0.25) is 0 Å². The Balaban J connectivity index is 0.00000306. The first-order chi connectivity index (χ1) is 15.1. The molecule has 1 heterocycles. The summed E-state index contributed by atoms with van der Waals surface area (Å²) < 4.78 is 11.1. The zero-order valence-corrected chi connectivity index (χ0v) is 20.1. The van der Waals surface area contributed by atoms with Gasteiger partial charge < -0.3 is 19.7 Å². The summed E-state index contributed by atoms with van der Waals surface area (Å²) in [6.07, 6.45) is 9.46. The lowest BCUT2D eigenvalue weighted by Crippen LogP contribution is -2.40. The topological polar surface area (TPSA) is 50.8 Å². The molecule has 0 amide bonds. The average Bonchev–Trinajstić information content (AvgIpc) is 3.57. The first-order valence-electron chi connectivity index (χ1n) is 11.7. The molecule has 5 heteroatoms. The molecule has 2 aliphatic carbocycles. The molecule has 1 atom stereocenters. The number of rotatable bonds is 6. The lowest BCUT2D eigenvalue weighted by molar-refractivity contribution is -0.139. The smallest absolute Gasteiger partial charge is 0.309 e. The Morgan fingerprint density at radius 3 is 2.50 bits per heavy atom. The minimum atomic E-state index is -0.217. The van der Waals surface area contributed by atoms with Gasteiger partial charge in [0.15, 0.2) is 5.88 Å². The summed E-state index contributed by atoms with van der Waals surface area (Å²) >= 11 is 0. The minimum absolute atomic E-state index is 0. The van der Waals surface area contributed by atoms with Gasteiger partial charge in [-0.25, -0.2) is 0 Å². The molecule has 1 aliphatic heterocycles. The number of hydrogen-bond acceptors (Lipinski definition) is 5. The predicted molar refractivity (Wildman–Crippen MR) is 130 cm³/mol. The van der Waals surface area contributed by atoms with Crippen LogP contribution >= 0.6 is 0 Å². The van der Waals surface area contributed by atoms with Gasteiger partial charge in [-0.15, -0.1) is 0 Å². The average molecular weight is 439 g/mol. The molecule has 4 rings (SSSR count). The van der Waals surface area contributed by atoms with Crippen LogP contribution in [0.4, 0.5) is 5.69 Å². The summed E-state index contributed by atoms with van der Waals surface area (Å²) in [5, 5.41) is 3.70. The molecule has 1 unspecified atom stereocenters. The highest BCUT2D eigenvalue weighted by Gasteiger charge is 2.33. The van der Waals surface area contributed by atoms with Crippen LogP contribution in [0.25, 0.3) is 0 Å². The number of fused-ring (bicyclic) bond motifs is 1. The van der Waals surface area contributed by atoms with Gasteiger partial charge in [-0.1, -0.05) is 24.3 Å². The molecule has 1 N–H and O–H groups in total. The number of anilines is 1.